The molecular formula is C19H17ClF4N2O5S. The van der Waals surface area contributed by atoms with Crippen molar-refractivity contribution in [1.82, 2.24) is 4.72 Å². The molecule has 1 aliphatic heterocycles. The Morgan fingerprint density at radius 1 is 1.19 bits per heavy atom. The van der Waals surface area contributed by atoms with Gasteiger partial charge >= 0.3 is 6.36 Å². The van der Waals surface area contributed by atoms with E-state index in [1.165, 1.54) is 18.2 Å². The van der Waals surface area contributed by atoms with Crippen LogP contribution in [0, 0.1) is 12.7 Å². The normalized spacial score (nSPS) is 14.7. The fourth-order valence-corrected chi connectivity index (χ4v) is 3.64. The predicted octanol–water partition coefficient (Wildman–Crippen LogP) is 3.64. The number of rotatable bonds is 6. The minimum absolute atomic E-state index is 0.176. The molecule has 1 amide bonds. The van der Waals surface area contributed by atoms with Crippen molar-refractivity contribution >= 4 is 33.2 Å². The Hall–Kier alpha value is -2.73. The van der Waals surface area contributed by atoms with Crippen LogP contribution in [0.3, 0.4) is 0 Å². The molecule has 2 aromatic carbocycles. The van der Waals surface area contributed by atoms with Crippen molar-refractivity contribution in [2.24, 2.45) is 0 Å². The van der Waals surface area contributed by atoms with Gasteiger partial charge in [-0.05, 0) is 36.8 Å². The van der Waals surface area contributed by atoms with Crippen LogP contribution in [-0.2, 0) is 10.0 Å². The van der Waals surface area contributed by atoms with Crippen molar-refractivity contribution in [1.29, 1.82) is 0 Å². The molecule has 0 bridgehead atoms. The summed E-state index contributed by atoms with van der Waals surface area (Å²) in [6, 6.07) is 6.04. The molecule has 1 saturated heterocycles. The number of nitrogens with zero attached hydrogens (tertiary/aromatic N) is 1. The molecule has 2 aromatic rings. The number of anilines is 1. The summed E-state index contributed by atoms with van der Waals surface area (Å²) >= 11 is 5.85. The van der Waals surface area contributed by atoms with Gasteiger partial charge in [0.2, 0.25) is 10.0 Å². The molecule has 32 heavy (non-hydrogen) atoms. The second-order valence-electron chi connectivity index (χ2n) is 7.11. The second kappa shape index (κ2) is 8.66. The van der Waals surface area contributed by atoms with Gasteiger partial charge in [-0.3, -0.25) is 4.79 Å². The summed E-state index contributed by atoms with van der Waals surface area (Å²) in [5.74, 6) is -2.38. The molecule has 1 fully saturated rings. The SMILES string of the molecule is Cc1cc(C(=O)NS(C)(=O)=O)c(F)cc1OC1CN(c2ccc(OC(F)(F)F)c(Cl)c2)C1. The monoisotopic (exact) mass is 496 g/mol. The number of aryl methyl sites for hydroxylation is 1. The van der Waals surface area contributed by atoms with E-state index in [1.54, 1.807) is 16.5 Å². The maximum atomic E-state index is 14.3. The zero-order chi connectivity index (χ0) is 23.8. The highest BCUT2D eigenvalue weighted by Gasteiger charge is 2.33. The average Bonchev–Trinajstić information content (AvgIpc) is 2.59. The Bertz CT molecular complexity index is 1150. The number of amides is 1. The number of nitrogens with one attached hydrogen (secondary N) is 1. The molecule has 0 atom stereocenters. The van der Waals surface area contributed by atoms with Gasteiger partial charge in [0, 0.05) is 11.8 Å². The molecule has 0 aromatic heterocycles. The highest BCUT2D eigenvalue weighted by atomic mass is 35.5. The largest absolute Gasteiger partial charge is 0.573 e. The maximum absolute atomic E-state index is 14.3. The molecule has 7 nitrogen and oxygen atoms in total. The summed E-state index contributed by atoms with van der Waals surface area (Å²) < 4.78 is 84.9. The summed E-state index contributed by atoms with van der Waals surface area (Å²) in [6.07, 6.45) is -4.43. The zero-order valence-corrected chi connectivity index (χ0v) is 18.2. The van der Waals surface area contributed by atoms with Gasteiger partial charge in [-0.15, -0.1) is 13.2 Å². The number of carbonyl (C=O) groups is 1. The van der Waals surface area contributed by atoms with E-state index in [0.717, 1.165) is 18.4 Å². The Balaban J connectivity index is 1.63. The van der Waals surface area contributed by atoms with E-state index in [0.29, 0.717) is 24.3 Å². The Morgan fingerprint density at radius 2 is 1.84 bits per heavy atom. The summed E-state index contributed by atoms with van der Waals surface area (Å²) in [5, 5.41) is -0.204. The van der Waals surface area contributed by atoms with Crippen molar-refractivity contribution in [2.45, 2.75) is 19.4 Å². The number of carbonyl (C=O) groups excluding carboxylic acids is 1. The van der Waals surface area contributed by atoms with Gasteiger partial charge in [0.05, 0.1) is 29.9 Å². The van der Waals surface area contributed by atoms with E-state index in [9.17, 15) is 30.8 Å². The number of hydrogen-bond acceptors (Lipinski definition) is 6. The molecule has 3 rings (SSSR count). The Labute approximate surface area is 185 Å². The molecule has 174 valence electrons. The van der Waals surface area contributed by atoms with E-state index >= 15 is 0 Å². The van der Waals surface area contributed by atoms with E-state index < -0.39 is 39.4 Å². The third kappa shape index (κ3) is 5.94. The van der Waals surface area contributed by atoms with Crippen LogP contribution >= 0.6 is 11.6 Å². The van der Waals surface area contributed by atoms with Crippen LogP contribution in [0.2, 0.25) is 5.02 Å². The topological polar surface area (TPSA) is 84.9 Å². The lowest BCUT2D eigenvalue weighted by molar-refractivity contribution is -0.274. The van der Waals surface area contributed by atoms with E-state index in [2.05, 4.69) is 4.74 Å². The third-order valence-electron chi connectivity index (χ3n) is 4.44. The smallest absolute Gasteiger partial charge is 0.486 e. The van der Waals surface area contributed by atoms with Gasteiger partial charge < -0.3 is 14.4 Å². The lowest BCUT2D eigenvalue weighted by atomic mass is 10.1. The standard InChI is InChI=1S/C19H17ClF4N2O5S/c1-10-5-13(18(27)25-32(2,28)29)15(21)7-17(10)30-12-8-26(9-12)11-3-4-16(14(20)6-11)31-19(22,23)24/h3-7,12H,8-9H2,1-2H3,(H,25,27). The van der Waals surface area contributed by atoms with Gasteiger partial charge in [-0.1, -0.05) is 11.6 Å². The van der Waals surface area contributed by atoms with Gasteiger partial charge in [-0.2, -0.15) is 0 Å². The maximum Gasteiger partial charge on any atom is 0.573 e. The number of hydrogen-bond donors (Lipinski definition) is 1. The number of alkyl halides is 3. The highest BCUT2D eigenvalue weighted by molar-refractivity contribution is 7.89. The first-order chi connectivity index (χ1) is 14.7. The summed E-state index contributed by atoms with van der Waals surface area (Å²) in [7, 11) is -3.85. The van der Waals surface area contributed by atoms with Crippen LogP contribution in [0.1, 0.15) is 15.9 Å². The zero-order valence-electron chi connectivity index (χ0n) is 16.7. The molecule has 0 spiro atoms. The first kappa shape index (κ1) is 23.9. The molecular weight excluding hydrogens is 480 g/mol. The van der Waals surface area contributed by atoms with Crippen LogP contribution < -0.4 is 19.1 Å². The Kier molecular flexibility index (Phi) is 6.47. The first-order valence-electron chi connectivity index (χ1n) is 9.01. The quantitative estimate of drug-likeness (QED) is 0.615. The minimum atomic E-state index is -4.85. The van der Waals surface area contributed by atoms with Crippen LogP contribution in [0.5, 0.6) is 11.5 Å². The van der Waals surface area contributed by atoms with Crippen LogP contribution in [0.25, 0.3) is 0 Å². The van der Waals surface area contributed by atoms with Gasteiger partial charge in [0.1, 0.15) is 23.4 Å². The van der Waals surface area contributed by atoms with Crippen molar-refractivity contribution in [3.8, 4) is 11.5 Å². The molecule has 0 aliphatic carbocycles. The van der Waals surface area contributed by atoms with Crippen molar-refractivity contribution in [2.75, 3.05) is 24.2 Å². The van der Waals surface area contributed by atoms with Gasteiger partial charge in [0.15, 0.2) is 0 Å². The number of halogens is 5. The fraction of sp³-hybridized carbons (Fsp3) is 0.316. The number of ether oxygens (including phenoxy) is 2. The molecule has 0 unspecified atom stereocenters. The minimum Gasteiger partial charge on any atom is -0.486 e. The summed E-state index contributed by atoms with van der Waals surface area (Å²) in [6.45, 7) is 2.28. The lowest BCUT2D eigenvalue weighted by Gasteiger charge is -2.41. The Morgan fingerprint density at radius 3 is 2.41 bits per heavy atom. The number of sulfonamides is 1. The van der Waals surface area contributed by atoms with Crippen molar-refractivity contribution in [3.63, 3.8) is 0 Å². The van der Waals surface area contributed by atoms with Gasteiger partial charge in [-0.25, -0.2) is 17.5 Å². The molecule has 0 saturated carbocycles. The van der Waals surface area contributed by atoms with Crippen LogP contribution in [0.15, 0.2) is 30.3 Å². The highest BCUT2D eigenvalue weighted by Crippen LogP contribution is 2.35. The lowest BCUT2D eigenvalue weighted by Crippen LogP contribution is -2.54. The van der Waals surface area contributed by atoms with E-state index in [1.807, 2.05) is 0 Å². The molecule has 1 aliphatic rings. The molecule has 1 heterocycles. The molecule has 0 radical (unpaired) electrons. The first-order valence-corrected chi connectivity index (χ1v) is 11.3. The van der Waals surface area contributed by atoms with Crippen LogP contribution in [0.4, 0.5) is 23.2 Å². The van der Waals surface area contributed by atoms with Crippen molar-refractivity contribution in [3.05, 3.63) is 52.3 Å². The van der Waals surface area contributed by atoms with E-state index in [-0.39, 0.29) is 16.9 Å². The summed E-state index contributed by atoms with van der Waals surface area (Å²) in [4.78, 5) is 13.7. The van der Waals surface area contributed by atoms with E-state index in [4.69, 9.17) is 16.3 Å². The predicted molar refractivity (Wildman–Crippen MR) is 108 cm³/mol. The second-order valence-corrected chi connectivity index (χ2v) is 9.26. The molecule has 13 heteroatoms. The van der Waals surface area contributed by atoms with Gasteiger partial charge in [0.25, 0.3) is 5.91 Å². The molecule has 1 N–H and O–H groups in total. The number of benzene rings is 2. The average molecular weight is 497 g/mol. The third-order valence-corrected chi connectivity index (χ3v) is 5.29. The fourth-order valence-electron chi connectivity index (χ4n) is 2.98. The van der Waals surface area contributed by atoms with Crippen LogP contribution in [-0.4, -0.2) is 46.1 Å². The van der Waals surface area contributed by atoms with Crippen molar-refractivity contribution < 1.29 is 40.2 Å². The summed E-state index contributed by atoms with van der Waals surface area (Å²) in [5.41, 5.74) is 0.534.